The molecule has 0 saturated carbocycles. The highest BCUT2D eigenvalue weighted by atomic mass is 32.2. The van der Waals surface area contributed by atoms with E-state index < -0.39 is 5.97 Å². The van der Waals surface area contributed by atoms with Gasteiger partial charge in [-0.1, -0.05) is 30.0 Å². The van der Waals surface area contributed by atoms with E-state index in [1.54, 1.807) is 48.5 Å². The van der Waals surface area contributed by atoms with Crippen LogP contribution in [0.1, 0.15) is 36.2 Å². The molecular weight excluding hydrogens is 450 g/mol. The maximum absolute atomic E-state index is 13.0. The van der Waals surface area contributed by atoms with E-state index >= 15 is 0 Å². The molecule has 7 nitrogen and oxygen atoms in total. The van der Waals surface area contributed by atoms with E-state index in [1.165, 1.54) is 23.6 Å². The van der Waals surface area contributed by atoms with E-state index in [0.717, 1.165) is 0 Å². The normalized spacial score (nSPS) is 14.7. The van der Waals surface area contributed by atoms with Gasteiger partial charge < -0.3 is 14.6 Å². The number of thioether (sulfide) groups is 1. The molecule has 2 aromatic carbocycles. The summed E-state index contributed by atoms with van der Waals surface area (Å²) in [6.07, 6.45) is 1.59. The minimum Gasteiger partial charge on any atom is -0.490 e. The quantitative estimate of drug-likeness (QED) is 0.324. The molecule has 1 N–H and O–H groups in total. The van der Waals surface area contributed by atoms with Crippen LogP contribution in [-0.4, -0.2) is 40.3 Å². The average Bonchev–Trinajstić information content (AvgIpc) is 3.02. The first-order valence-electron chi connectivity index (χ1n) is 9.80. The smallest absolute Gasteiger partial charge is 0.306 e. The number of carboxylic acids is 1. The number of rotatable bonds is 9. The molecule has 2 aromatic rings. The molecule has 0 bridgehead atoms. The van der Waals surface area contributed by atoms with Crippen LogP contribution in [0.3, 0.4) is 0 Å². The van der Waals surface area contributed by atoms with Gasteiger partial charge in [-0.3, -0.25) is 19.3 Å². The Morgan fingerprint density at radius 2 is 1.84 bits per heavy atom. The Morgan fingerprint density at radius 3 is 2.47 bits per heavy atom. The number of hydrogen-bond acceptors (Lipinski definition) is 7. The molecule has 0 unspecified atom stereocenters. The minimum absolute atomic E-state index is 0.0236. The van der Waals surface area contributed by atoms with Gasteiger partial charge in [0.05, 0.1) is 30.2 Å². The van der Waals surface area contributed by atoms with Crippen molar-refractivity contribution in [1.29, 1.82) is 0 Å². The molecule has 1 aliphatic rings. The number of Topliss-reactive ketones (excluding diaryl/α,β-unsaturated/α-hetero) is 1. The first kappa shape index (κ1) is 23.5. The number of carbonyl (C=O) groups excluding carboxylic acids is 2. The number of nitrogens with zero attached hydrogens (tertiary/aromatic N) is 1. The second kappa shape index (κ2) is 10.4. The van der Waals surface area contributed by atoms with Crippen molar-refractivity contribution in [2.75, 3.05) is 18.1 Å². The molecule has 1 saturated heterocycles. The fourth-order valence-electron chi connectivity index (χ4n) is 2.94. The molecule has 1 amide bonds. The monoisotopic (exact) mass is 471 g/mol. The van der Waals surface area contributed by atoms with Crippen molar-refractivity contribution in [3.05, 3.63) is 58.5 Å². The largest absolute Gasteiger partial charge is 0.490 e. The minimum atomic E-state index is -0.947. The van der Waals surface area contributed by atoms with Gasteiger partial charge in [0.25, 0.3) is 5.91 Å². The SMILES string of the molecule is CCOc1cc(/C=C2/SC(=S)N(c3ccc(C(C)=O)cc3)C2=O)ccc1OCCC(=O)O. The van der Waals surface area contributed by atoms with Crippen molar-refractivity contribution in [2.24, 2.45) is 0 Å². The molecule has 0 aliphatic carbocycles. The molecule has 1 heterocycles. The van der Waals surface area contributed by atoms with Crippen LogP contribution in [0.25, 0.3) is 6.08 Å². The highest BCUT2D eigenvalue weighted by molar-refractivity contribution is 8.27. The van der Waals surface area contributed by atoms with Crippen LogP contribution in [0.5, 0.6) is 11.5 Å². The van der Waals surface area contributed by atoms with Crippen molar-refractivity contribution in [2.45, 2.75) is 20.3 Å². The summed E-state index contributed by atoms with van der Waals surface area (Å²) in [5.74, 6) is -0.361. The van der Waals surface area contributed by atoms with Crippen molar-refractivity contribution in [1.82, 2.24) is 0 Å². The van der Waals surface area contributed by atoms with Crippen molar-refractivity contribution < 1.29 is 29.0 Å². The zero-order valence-corrected chi connectivity index (χ0v) is 19.1. The first-order valence-corrected chi connectivity index (χ1v) is 11.0. The molecule has 1 fully saturated rings. The number of amides is 1. The Bertz CT molecular complexity index is 1090. The molecule has 0 aromatic heterocycles. The number of carbonyl (C=O) groups is 3. The second-order valence-corrected chi connectivity index (χ2v) is 8.43. The summed E-state index contributed by atoms with van der Waals surface area (Å²) < 4.78 is 11.5. The molecule has 1 aliphatic heterocycles. The lowest BCUT2D eigenvalue weighted by Gasteiger charge is -2.14. The third-order valence-corrected chi connectivity index (χ3v) is 5.77. The van der Waals surface area contributed by atoms with Gasteiger partial charge in [0.1, 0.15) is 0 Å². The van der Waals surface area contributed by atoms with Crippen molar-refractivity contribution in [3.63, 3.8) is 0 Å². The summed E-state index contributed by atoms with van der Waals surface area (Å²) >= 11 is 6.59. The maximum Gasteiger partial charge on any atom is 0.306 e. The zero-order chi connectivity index (χ0) is 23.3. The van der Waals surface area contributed by atoms with Gasteiger partial charge >= 0.3 is 5.97 Å². The Balaban J connectivity index is 1.82. The van der Waals surface area contributed by atoms with Crippen LogP contribution in [0.2, 0.25) is 0 Å². The molecule has 32 heavy (non-hydrogen) atoms. The maximum atomic E-state index is 13.0. The van der Waals surface area contributed by atoms with Gasteiger partial charge in [0.2, 0.25) is 0 Å². The molecule has 3 rings (SSSR count). The Kier molecular flexibility index (Phi) is 7.66. The Morgan fingerprint density at radius 1 is 1.12 bits per heavy atom. The molecule has 0 radical (unpaired) electrons. The summed E-state index contributed by atoms with van der Waals surface area (Å²) in [7, 11) is 0. The first-order chi connectivity index (χ1) is 15.3. The fourth-order valence-corrected chi connectivity index (χ4v) is 4.24. The number of hydrogen-bond donors (Lipinski definition) is 1. The van der Waals surface area contributed by atoms with Gasteiger partial charge in [-0.15, -0.1) is 0 Å². The highest BCUT2D eigenvalue weighted by Crippen LogP contribution is 2.37. The zero-order valence-electron chi connectivity index (χ0n) is 17.5. The summed E-state index contributed by atoms with van der Waals surface area (Å²) in [6, 6.07) is 11.9. The van der Waals surface area contributed by atoms with Crippen LogP contribution in [-0.2, 0) is 9.59 Å². The number of anilines is 1. The van der Waals surface area contributed by atoms with Crippen LogP contribution < -0.4 is 14.4 Å². The van der Waals surface area contributed by atoms with Crippen molar-refractivity contribution in [3.8, 4) is 11.5 Å². The van der Waals surface area contributed by atoms with E-state index in [1.807, 2.05) is 6.92 Å². The van der Waals surface area contributed by atoms with E-state index in [9.17, 15) is 14.4 Å². The lowest BCUT2D eigenvalue weighted by molar-refractivity contribution is -0.137. The topological polar surface area (TPSA) is 93.1 Å². The Labute approximate surface area is 195 Å². The predicted octanol–water partition coefficient (Wildman–Crippen LogP) is 4.55. The van der Waals surface area contributed by atoms with Crippen molar-refractivity contribution >= 4 is 57.7 Å². The highest BCUT2D eigenvalue weighted by Gasteiger charge is 2.33. The van der Waals surface area contributed by atoms with Gasteiger partial charge in [-0.05, 0) is 61.9 Å². The average molecular weight is 472 g/mol. The van der Waals surface area contributed by atoms with E-state index in [4.69, 9.17) is 26.8 Å². The van der Waals surface area contributed by atoms with E-state index in [2.05, 4.69) is 0 Å². The molecule has 166 valence electrons. The Hall–Kier alpha value is -3.17. The summed E-state index contributed by atoms with van der Waals surface area (Å²) in [6.45, 7) is 3.74. The third kappa shape index (κ3) is 5.54. The van der Waals surface area contributed by atoms with Crippen LogP contribution >= 0.6 is 24.0 Å². The molecule has 0 spiro atoms. The second-order valence-electron chi connectivity index (χ2n) is 6.75. The summed E-state index contributed by atoms with van der Waals surface area (Å²) in [5.41, 5.74) is 1.87. The molecular formula is C23H21NO6S2. The number of aliphatic carboxylic acids is 1. The van der Waals surface area contributed by atoms with Gasteiger partial charge in [0.15, 0.2) is 21.6 Å². The lowest BCUT2D eigenvalue weighted by Crippen LogP contribution is -2.27. The molecule has 0 atom stereocenters. The van der Waals surface area contributed by atoms with E-state index in [0.29, 0.717) is 44.1 Å². The van der Waals surface area contributed by atoms with Gasteiger partial charge in [-0.25, -0.2) is 0 Å². The molecule has 9 heteroatoms. The number of carboxylic acid groups (broad SMARTS) is 1. The van der Waals surface area contributed by atoms with Gasteiger partial charge in [0, 0.05) is 5.56 Å². The van der Waals surface area contributed by atoms with Crippen LogP contribution in [0.4, 0.5) is 5.69 Å². The van der Waals surface area contributed by atoms with Crippen LogP contribution in [0.15, 0.2) is 47.4 Å². The van der Waals surface area contributed by atoms with Gasteiger partial charge in [-0.2, -0.15) is 0 Å². The number of ether oxygens (including phenoxy) is 2. The number of thiocarbonyl (C=S) groups is 1. The fraction of sp³-hybridized carbons (Fsp3) is 0.217. The van der Waals surface area contributed by atoms with Crippen LogP contribution in [0, 0.1) is 0 Å². The van der Waals surface area contributed by atoms with E-state index in [-0.39, 0.29) is 24.7 Å². The summed E-state index contributed by atoms with van der Waals surface area (Å²) in [4.78, 5) is 37.1. The summed E-state index contributed by atoms with van der Waals surface area (Å²) in [5, 5.41) is 8.77. The third-order valence-electron chi connectivity index (χ3n) is 4.46. The number of ketones is 1. The number of benzene rings is 2. The lowest BCUT2D eigenvalue weighted by atomic mass is 10.1. The predicted molar refractivity (Wildman–Crippen MR) is 127 cm³/mol. The standard InChI is InChI=1S/C23H21NO6S2/c1-3-29-19-12-15(4-9-18(19)30-11-10-21(26)27)13-20-22(28)24(23(31)32-20)17-7-5-16(6-8-17)14(2)25/h4-9,12-13H,3,10-11H2,1-2H3,(H,26,27)/b20-13+.